The van der Waals surface area contributed by atoms with Crippen molar-refractivity contribution in [3.63, 3.8) is 0 Å². The quantitative estimate of drug-likeness (QED) is 0.631. The average molecular weight is 236 g/mol. The molecule has 0 saturated carbocycles. The molecule has 1 rings (SSSR count). The Morgan fingerprint density at radius 1 is 1.18 bits per heavy atom. The second-order valence-corrected chi connectivity index (χ2v) is 4.46. The average Bonchev–Trinajstić information content (AvgIpc) is 2.38. The Kier molecular flexibility index (Phi) is 6.19. The minimum atomic E-state index is -0.472. The predicted octanol–water partition coefficient (Wildman–Crippen LogP) is 1.65. The van der Waals surface area contributed by atoms with E-state index in [1.165, 1.54) is 5.56 Å². The molecule has 17 heavy (non-hydrogen) atoms. The number of hydrogen-bond donors (Lipinski definition) is 3. The molecule has 1 aromatic rings. The minimum Gasteiger partial charge on any atom is -0.390 e. The fourth-order valence-electron chi connectivity index (χ4n) is 1.86. The molecule has 3 nitrogen and oxygen atoms in total. The number of aliphatic hydroxyl groups is 1. The molecule has 3 unspecified atom stereocenters. The molecule has 0 amide bonds. The van der Waals surface area contributed by atoms with Gasteiger partial charge in [-0.25, -0.2) is 0 Å². The van der Waals surface area contributed by atoms with Crippen LogP contribution < -0.4 is 11.1 Å². The summed E-state index contributed by atoms with van der Waals surface area (Å²) in [6.07, 6.45) is 1.81. The van der Waals surface area contributed by atoms with Crippen LogP contribution >= 0.6 is 0 Å². The van der Waals surface area contributed by atoms with Crippen LogP contribution in [0.25, 0.3) is 0 Å². The van der Waals surface area contributed by atoms with Gasteiger partial charge in [0, 0.05) is 6.04 Å². The predicted molar refractivity (Wildman–Crippen MR) is 71.6 cm³/mol. The van der Waals surface area contributed by atoms with E-state index < -0.39 is 6.10 Å². The highest BCUT2D eigenvalue weighted by Gasteiger charge is 2.16. The van der Waals surface area contributed by atoms with Crippen LogP contribution in [-0.2, 0) is 6.42 Å². The van der Waals surface area contributed by atoms with Gasteiger partial charge in [0.05, 0.1) is 12.3 Å². The SMILES string of the molecule is CCC(Cc1ccccc1)NC(N)C(O)CC. The van der Waals surface area contributed by atoms with E-state index in [1.807, 2.05) is 25.1 Å². The maximum absolute atomic E-state index is 9.65. The van der Waals surface area contributed by atoms with Gasteiger partial charge in [0.15, 0.2) is 0 Å². The standard InChI is InChI=1S/C14H24N2O/c1-3-12(16-14(15)13(17)4-2)10-11-8-6-5-7-9-11/h5-9,12-14,16-17H,3-4,10,15H2,1-2H3. The Morgan fingerprint density at radius 2 is 1.82 bits per heavy atom. The van der Waals surface area contributed by atoms with Gasteiger partial charge in [0.25, 0.3) is 0 Å². The van der Waals surface area contributed by atoms with Crippen molar-refractivity contribution in [3.8, 4) is 0 Å². The molecule has 0 fully saturated rings. The number of rotatable bonds is 7. The molecule has 0 aliphatic heterocycles. The maximum Gasteiger partial charge on any atom is 0.0820 e. The number of nitrogens with two attached hydrogens (primary N) is 1. The lowest BCUT2D eigenvalue weighted by Gasteiger charge is -2.25. The fraction of sp³-hybridized carbons (Fsp3) is 0.571. The van der Waals surface area contributed by atoms with E-state index in [4.69, 9.17) is 5.73 Å². The van der Waals surface area contributed by atoms with Crippen molar-refractivity contribution in [3.05, 3.63) is 35.9 Å². The Labute approximate surface area is 104 Å². The van der Waals surface area contributed by atoms with E-state index in [2.05, 4.69) is 24.4 Å². The first-order valence-corrected chi connectivity index (χ1v) is 6.41. The minimum absolute atomic E-state index is 0.314. The second kappa shape index (κ2) is 7.43. The van der Waals surface area contributed by atoms with Crippen molar-refractivity contribution in [1.82, 2.24) is 5.32 Å². The molecule has 3 heteroatoms. The highest BCUT2D eigenvalue weighted by molar-refractivity contribution is 5.15. The largest absolute Gasteiger partial charge is 0.390 e. The van der Waals surface area contributed by atoms with Crippen molar-refractivity contribution >= 4 is 0 Å². The number of hydrogen-bond acceptors (Lipinski definition) is 3. The van der Waals surface area contributed by atoms with Crippen LogP contribution in [0.3, 0.4) is 0 Å². The molecular formula is C14H24N2O. The summed E-state index contributed by atoms with van der Waals surface area (Å²) >= 11 is 0. The van der Waals surface area contributed by atoms with E-state index in [-0.39, 0.29) is 6.17 Å². The van der Waals surface area contributed by atoms with E-state index in [0.717, 1.165) is 12.8 Å². The summed E-state index contributed by atoms with van der Waals surface area (Å²) in [6.45, 7) is 4.07. The maximum atomic E-state index is 9.65. The summed E-state index contributed by atoms with van der Waals surface area (Å²) in [4.78, 5) is 0. The summed E-state index contributed by atoms with van der Waals surface area (Å²) in [5, 5.41) is 12.9. The van der Waals surface area contributed by atoms with Crippen LogP contribution in [0.1, 0.15) is 32.3 Å². The highest BCUT2D eigenvalue weighted by atomic mass is 16.3. The van der Waals surface area contributed by atoms with Gasteiger partial charge in [-0.3, -0.25) is 5.32 Å². The Hall–Kier alpha value is -0.900. The Bertz CT molecular complexity index is 302. The van der Waals surface area contributed by atoms with E-state index in [0.29, 0.717) is 12.5 Å². The number of nitrogens with one attached hydrogen (secondary N) is 1. The molecule has 0 heterocycles. The lowest BCUT2D eigenvalue weighted by molar-refractivity contribution is 0.118. The van der Waals surface area contributed by atoms with Crippen LogP contribution in [-0.4, -0.2) is 23.4 Å². The van der Waals surface area contributed by atoms with Crippen molar-refractivity contribution in [2.24, 2.45) is 5.73 Å². The van der Waals surface area contributed by atoms with Gasteiger partial charge >= 0.3 is 0 Å². The lowest BCUT2D eigenvalue weighted by Crippen LogP contribution is -2.51. The molecule has 0 aromatic heterocycles. The highest BCUT2D eigenvalue weighted by Crippen LogP contribution is 2.06. The van der Waals surface area contributed by atoms with Crippen molar-refractivity contribution in [1.29, 1.82) is 0 Å². The monoisotopic (exact) mass is 236 g/mol. The first-order valence-electron chi connectivity index (χ1n) is 6.41. The molecule has 1 aromatic carbocycles. The lowest BCUT2D eigenvalue weighted by atomic mass is 10.0. The molecule has 4 N–H and O–H groups in total. The number of aliphatic hydroxyl groups excluding tert-OH is 1. The molecule has 0 aliphatic carbocycles. The van der Waals surface area contributed by atoms with Gasteiger partial charge in [-0.05, 0) is 24.8 Å². The summed E-state index contributed by atoms with van der Waals surface area (Å²) in [6, 6.07) is 10.7. The smallest absolute Gasteiger partial charge is 0.0820 e. The Balaban J connectivity index is 2.49. The molecule has 0 spiro atoms. The first kappa shape index (κ1) is 14.2. The third-order valence-electron chi connectivity index (χ3n) is 3.08. The normalized spacial score (nSPS) is 16.5. The number of benzene rings is 1. The van der Waals surface area contributed by atoms with E-state index >= 15 is 0 Å². The molecular weight excluding hydrogens is 212 g/mol. The molecule has 0 bridgehead atoms. The summed E-state index contributed by atoms with van der Waals surface area (Å²) < 4.78 is 0. The van der Waals surface area contributed by atoms with Crippen molar-refractivity contribution < 1.29 is 5.11 Å². The summed E-state index contributed by atoms with van der Waals surface area (Å²) in [5.41, 5.74) is 7.19. The van der Waals surface area contributed by atoms with Gasteiger partial charge in [-0.1, -0.05) is 44.2 Å². The third kappa shape index (κ3) is 4.86. The van der Waals surface area contributed by atoms with Gasteiger partial charge in [0.2, 0.25) is 0 Å². The molecule has 0 saturated heterocycles. The van der Waals surface area contributed by atoms with Crippen molar-refractivity contribution in [2.75, 3.05) is 0 Å². The molecule has 96 valence electrons. The third-order valence-corrected chi connectivity index (χ3v) is 3.08. The fourth-order valence-corrected chi connectivity index (χ4v) is 1.86. The van der Waals surface area contributed by atoms with Gasteiger partial charge in [-0.2, -0.15) is 0 Å². The molecule has 3 atom stereocenters. The van der Waals surface area contributed by atoms with Crippen LogP contribution in [0.4, 0.5) is 0 Å². The van der Waals surface area contributed by atoms with Crippen LogP contribution in [0, 0.1) is 0 Å². The van der Waals surface area contributed by atoms with Crippen LogP contribution in [0.15, 0.2) is 30.3 Å². The summed E-state index contributed by atoms with van der Waals surface area (Å²) in [7, 11) is 0. The van der Waals surface area contributed by atoms with Crippen molar-refractivity contribution in [2.45, 2.75) is 51.4 Å². The topological polar surface area (TPSA) is 58.3 Å². The second-order valence-electron chi connectivity index (χ2n) is 4.46. The zero-order chi connectivity index (χ0) is 12.7. The zero-order valence-electron chi connectivity index (χ0n) is 10.8. The van der Waals surface area contributed by atoms with Crippen LogP contribution in [0.2, 0.25) is 0 Å². The molecule has 0 aliphatic rings. The van der Waals surface area contributed by atoms with E-state index in [9.17, 15) is 5.11 Å². The first-order chi connectivity index (χ1) is 8.17. The molecule has 0 radical (unpaired) electrons. The van der Waals surface area contributed by atoms with E-state index in [1.54, 1.807) is 0 Å². The zero-order valence-corrected chi connectivity index (χ0v) is 10.8. The van der Waals surface area contributed by atoms with Crippen LogP contribution in [0.5, 0.6) is 0 Å². The summed E-state index contributed by atoms with van der Waals surface area (Å²) in [5.74, 6) is 0. The van der Waals surface area contributed by atoms with Gasteiger partial charge in [0.1, 0.15) is 0 Å². The van der Waals surface area contributed by atoms with Gasteiger partial charge < -0.3 is 10.8 Å². The van der Waals surface area contributed by atoms with Gasteiger partial charge in [-0.15, -0.1) is 0 Å². The Morgan fingerprint density at radius 3 is 2.35 bits per heavy atom.